The van der Waals surface area contributed by atoms with Gasteiger partial charge in [0.05, 0.1) is 0 Å². The highest BCUT2D eigenvalue weighted by molar-refractivity contribution is 4.98. The van der Waals surface area contributed by atoms with E-state index in [2.05, 4.69) is 6.92 Å². The summed E-state index contributed by atoms with van der Waals surface area (Å²) in [5.41, 5.74) is 0.412. The van der Waals surface area contributed by atoms with Crippen LogP contribution in [0.4, 0.5) is 0 Å². The van der Waals surface area contributed by atoms with Crippen molar-refractivity contribution < 1.29 is 5.11 Å². The first-order chi connectivity index (χ1) is 4.76. The Kier molecular flexibility index (Phi) is 1.31. The molecule has 2 fully saturated rings. The molecule has 2 unspecified atom stereocenters. The van der Waals surface area contributed by atoms with Gasteiger partial charge in [-0.2, -0.15) is 0 Å². The third kappa shape index (κ3) is 1.07. The van der Waals surface area contributed by atoms with E-state index < -0.39 is 0 Å². The maximum absolute atomic E-state index is 9.02. The second kappa shape index (κ2) is 1.97. The van der Waals surface area contributed by atoms with Crippen LogP contribution < -0.4 is 0 Å². The molecule has 2 saturated carbocycles. The Morgan fingerprint density at radius 3 is 2.40 bits per heavy atom. The van der Waals surface area contributed by atoms with Gasteiger partial charge in [0.2, 0.25) is 0 Å². The highest BCUT2D eigenvalue weighted by Crippen LogP contribution is 2.56. The molecule has 10 heavy (non-hydrogen) atoms. The monoisotopic (exact) mass is 140 g/mol. The summed E-state index contributed by atoms with van der Waals surface area (Å²) in [5.74, 6) is 1.93. The van der Waals surface area contributed by atoms with Crippen LogP contribution in [-0.4, -0.2) is 11.7 Å². The van der Waals surface area contributed by atoms with Crippen LogP contribution in [0.25, 0.3) is 0 Å². The first-order valence-electron chi connectivity index (χ1n) is 4.37. The van der Waals surface area contributed by atoms with Gasteiger partial charge in [-0.15, -0.1) is 0 Å². The van der Waals surface area contributed by atoms with Crippen LogP contribution in [-0.2, 0) is 0 Å². The molecule has 0 radical (unpaired) electrons. The smallest absolute Gasteiger partial charge is 0.0487 e. The topological polar surface area (TPSA) is 20.2 Å². The minimum atomic E-state index is 0.412. The summed E-state index contributed by atoms with van der Waals surface area (Å²) in [5, 5.41) is 9.02. The van der Waals surface area contributed by atoms with Crippen LogP contribution in [0, 0.1) is 17.3 Å². The van der Waals surface area contributed by atoms with Gasteiger partial charge in [0, 0.05) is 6.61 Å². The first-order valence-corrected chi connectivity index (χ1v) is 4.37. The standard InChI is InChI=1S/C9H16O/c1-7-4-8(7)5-9(6-10)2-3-9/h7-8,10H,2-6H2,1H3. The van der Waals surface area contributed by atoms with E-state index in [0.717, 1.165) is 11.8 Å². The lowest BCUT2D eigenvalue weighted by Crippen LogP contribution is -2.07. The molecule has 0 aromatic heterocycles. The van der Waals surface area contributed by atoms with Crippen molar-refractivity contribution in [2.75, 3.05) is 6.61 Å². The summed E-state index contributed by atoms with van der Waals surface area (Å²) >= 11 is 0. The fourth-order valence-electron chi connectivity index (χ4n) is 1.84. The van der Waals surface area contributed by atoms with Gasteiger partial charge in [-0.1, -0.05) is 6.92 Å². The van der Waals surface area contributed by atoms with Gasteiger partial charge >= 0.3 is 0 Å². The molecule has 2 aliphatic rings. The van der Waals surface area contributed by atoms with Gasteiger partial charge in [0.1, 0.15) is 0 Å². The molecular formula is C9H16O. The average molecular weight is 140 g/mol. The van der Waals surface area contributed by atoms with Gasteiger partial charge in [0.25, 0.3) is 0 Å². The molecule has 0 aliphatic heterocycles. The second-order valence-electron chi connectivity index (χ2n) is 4.34. The number of hydrogen-bond acceptors (Lipinski definition) is 1. The SMILES string of the molecule is CC1CC1CC1(CO)CC1. The van der Waals surface area contributed by atoms with Gasteiger partial charge in [-0.25, -0.2) is 0 Å². The van der Waals surface area contributed by atoms with Crippen molar-refractivity contribution in [1.82, 2.24) is 0 Å². The predicted molar refractivity (Wildman–Crippen MR) is 40.6 cm³/mol. The molecule has 1 heteroatoms. The van der Waals surface area contributed by atoms with Crippen molar-refractivity contribution >= 4 is 0 Å². The fraction of sp³-hybridized carbons (Fsp3) is 1.00. The predicted octanol–water partition coefficient (Wildman–Crippen LogP) is 1.80. The van der Waals surface area contributed by atoms with E-state index in [-0.39, 0.29) is 0 Å². The van der Waals surface area contributed by atoms with Crippen LogP contribution in [0.1, 0.15) is 32.6 Å². The third-order valence-corrected chi connectivity index (χ3v) is 3.26. The molecule has 58 valence electrons. The number of aliphatic hydroxyl groups excluding tert-OH is 1. The Hall–Kier alpha value is -0.0400. The van der Waals surface area contributed by atoms with E-state index in [9.17, 15) is 0 Å². The molecule has 1 nitrogen and oxygen atoms in total. The molecule has 0 aromatic rings. The fourth-order valence-corrected chi connectivity index (χ4v) is 1.84. The van der Waals surface area contributed by atoms with E-state index >= 15 is 0 Å². The highest BCUT2D eigenvalue weighted by atomic mass is 16.3. The maximum atomic E-state index is 9.02. The quantitative estimate of drug-likeness (QED) is 0.633. The normalized spacial score (nSPS) is 41.4. The van der Waals surface area contributed by atoms with E-state index in [1.54, 1.807) is 0 Å². The van der Waals surface area contributed by atoms with Crippen LogP contribution in [0.3, 0.4) is 0 Å². The number of aliphatic hydroxyl groups is 1. The van der Waals surface area contributed by atoms with Gasteiger partial charge in [0.15, 0.2) is 0 Å². The Morgan fingerprint density at radius 2 is 2.10 bits per heavy atom. The summed E-state index contributed by atoms with van der Waals surface area (Å²) in [6.07, 6.45) is 5.30. The van der Waals surface area contributed by atoms with Gasteiger partial charge < -0.3 is 5.11 Å². The molecule has 2 aliphatic carbocycles. The minimum Gasteiger partial charge on any atom is -0.396 e. The van der Waals surface area contributed by atoms with Gasteiger partial charge in [-0.05, 0) is 42.9 Å². The second-order valence-corrected chi connectivity index (χ2v) is 4.34. The lowest BCUT2D eigenvalue weighted by atomic mass is 10.00. The first kappa shape index (κ1) is 6.66. The molecule has 0 amide bonds. The molecule has 2 atom stereocenters. The Morgan fingerprint density at radius 1 is 1.50 bits per heavy atom. The Labute approximate surface area is 62.4 Å². The molecule has 0 saturated heterocycles. The summed E-state index contributed by atoms with van der Waals surface area (Å²) < 4.78 is 0. The summed E-state index contributed by atoms with van der Waals surface area (Å²) in [4.78, 5) is 0. The van der Waals surface area contributed by atoms with Crippen molar-refractivity contribution in [2.45, 2.75) is 32.6 Å². The lowest BCUT2D eigenvalue weighted by molar-refractivity contribution is 0.196. The highest BCUT2D eigenvalue weighted by Gasteiger charge is 2.47. The zero-order chi connectivity index (χ0) is 7.19. The average Bonchev–Trinajstić information content (AvgIpc) is 2.78. The minimum absolute atomic E-state index is 0.412. The summed E-state index contributed by atoms with van der Waals surface area (Å²) in [7, 11) is 0. The number of rotatable bonds is 3. The van der Waals surface area contributed by atoms with E-state index in [1.807, 2.05) is 0 Å². The van der Waals surface area contributed by atoms with E-state index in [0.29, 0.717) is 12.0 Å². The molecule has 0 heterocycles. The third-order valence-electron chi connectivity index (χ3n) is 3.26. The Balaban J connectivity index is 1.79. The molecule has 1 N–H and O–H groups in total. The molecular weight excluding hydrogens is 124 g/mol. The molecule has 0 bridgehead atoms. The van der Waals surface area contributed by atoms with Crippen molar-refractivity contribution in [3.63, 3.8) is 0 Å². The van der Waals surface area contributed by atoms with Gasteiger partial charge in [-0.3, -0.25) is 0 Å². The summed E-state index contributed by atoms with van der Waals surface area (Å²) in [6, 6.07) is 0. The van der Waals surface area contributed by atoms with Crippen LogP contribution in [0.2, 0.25) is 0 Å². The van der Waals surface area contributed by atoms with Crippen molar-refractivity contribution in [2.24, 2.45) is 17.3 Å². The molecule has 0 spiro atoms. The van der Waals surface area contributed by atoms with Crippen LogP contribution >= 0.6 is 0 Å². The largest absolute Gasteiger partial charge is 0.396 e. The van der Waals surface area contributed by atoms with E-state index in [4.69, 9.17) is 5.11 Å². The molecule has 0 aromatic carbocycles. The van der Waals surface area contributed by atoms with E-state index in [1.165, 1.54) is 25.7 Å². The molecule has 2 rings (SSSR count). The van der Waals surface area contributed by atoms with Crippen molar-refractivity contribution in [3.8, 4) is 0 Å². The van der Waals surface area contributed by atoms with Crippen molar-refractivity contribution in [1.29, 1.82) is 0 Å². The lowest BCUT2D eigenvalue weighted by Gasteiger charge is -2.09. The van der Waals surface area contributed by atoms with Crippen LogP contribution in [0.5, 0.6) is 0 Å². The number of hydrogen-bond donors (Lipinski definition) is 1. The summed E-state index contributed by atoms with van der Waals surface area (Å²) in [6.45, 7) is 2.76. The van der Waals surface area contributed by atoms with Crippen molar-refractivity contribution in [3.05, 3.63) is 0 Å². The van der Waals surface area contributed by atoms with Crippen LogP contribution in [0.15, 0.2) is 0 Å². The zero-order valence-electron chi connectivity index (χ0n) is 6.64. The maximum Gasteiger partial charge on any atom is 0.0487 e. The zero-order valence-corrected chi connectivity index (χ0v) is 6.64. The Bertz CT molecular complexity index is 138.